The minimum Gasteiger partial charge on any atom is -0.490 e. The molecule has 1 aliphatic rings. The Kier molecular flexibility index (Phi) is 5.47. The van der Waals surface area contributed by atoms with E-state index in [1.54, 1.807) is 6.08 Å². The molecule has 120 valence electrons. The van der Waals surface area contributed by atoms with Crippen molar-refractivity contribution in [3.05, 3.63) is 36.1 Å². The normalized spacial score (nSPS) is 16.0. The Morgan fingerprint density at radius 2 is 1.86 bits per heavy atom. The maximum absolute atomic E-state index is 12.1. The molecule has 0 saturated heterocycles. The van der Waals surface area contributed by atoms with Crippen molar-refractivity contribution in [2.75, 3.05) is 13.2 Å². The van der Waals surface area contributed by atoms with Gasteiger partial charge in [-0.25, -0.2) is 0 Å². The van der Waals surface area contributed by atoms with E-state index in [-0.39, 0.29) is 11.9 Å². The van der Waals surface area contributed by atoms with Gasteiger partial charge in [0, 0.05) is 12.1 Å². The summed E-state index contributed by atoms with van der Waals surface area (Å²) >= 11 is 0. The van der Waals surface area contributed by atoms with Gasteiger partial charge in [-0.15, -0.1) is 0 Å². The van der Waals surface area contributed by atoms with Gasteiger partial charge in [-0.3, -0.25) is 4.79 Å². The van der Waals surface area contributed by atoms with Crippen LogP contribution in [0.5, 0.6) is 11.5 Å². The molecule has 0 unspecified atom stereocenters. The number of benzene rings is 1. The van der Waals surface area contributed by atoms with Gasteiger partial charge in [-0.1, -0.05) is 26.0 Å². The van der Waals surface area contributed by atoms with E-state index in [1.807, 2.05) is 36.1 Å². The maximum atomic E-state index is 12.1. The molecule has 0 bridgehead atoms. The summed E-state index contributed by atoms with van der Waals surface area (Å²) in [7, 11) is 0. The molecular weight excluding hydrogens is 278 g/mol. The Morgan fingerprint density at radius 1 is 1.18 bits per heavy atom. The van der Waals surface area contributed by atoms with Crippen LogP contribution in [-0.2, 0) is 4.79 Å². The highest BCUT2D eigenvalue weighted by molar-refractivity contribution is 5.91. The Balaban J connectivity index is 2.03. The minimum absolute atomic E-state index is 0.0250. The molecule has 0 spiro atoms. The quantitative estimate of drug-likeness (QED) is 0.772. The van der Waals surface area contributed by atoms with E-state index in [9.17, 15) is 4.79 Å². The van der Waals surface area contributed by atoms with E-state index in [1.165, 1.54) is 0 Å². The number of carbonyl (C=O) groups excluding carboxylic acids is 1. The van der Waals surface area contributed by atoms with E-state index in [2.05, 4.69) is 20.8 Å². The molecule has 0 aliphatic carbocycles. The largest absolute Gasteiger partial charge is 0.490 e. The van der Waals surface area contributed by atoms with Gasteiger partial charge in [-0.05, 0) is 38.3 Å². The van der Waals surface area contributed by atoms with E-state index in [4.69, 9.17) is 9.47 Å². The predicted molar refractivity (Wildman–Crippen MR) is 87.0 cm³/mol. The van der Waals surface area contributed by atoms with Crippen LogP contribution in [0.25, 0.3) is 0 Å². The molecule has 0 aromatic heterocycles. The van der Waals surface area contributed by atoms with Crippen LogP contribution in [0, 0.1) is 5.92 Å². The Hall–Kier alpha value is -1.97. The number of carbonyl (C=O) groups is 1. The first-order valence-electron chi connectivity index (χ1n) is 7.92. The molecule has 0 fully saturated rings. The molecule has 1 aliphatic heterocycles. The average Bonchev–Trinajstić information content (AvgIpc) is 2.81. The summed E-state index contributed by atoms with van der Waals surface area (Å²) in [6.07, 6.45) is 2.57. The van der Waals surface area contributed by atoms with Crippen LogP contribution in [0.2, 0.25) is 0 Å². The zero-order valence-corrected chi connectivity index (χ0v) is 13.8. The van der Waals surface area contributed by atoms with Crippen molar-refractivity contribution in [3.8, 4) is 11.5 Å². The smallest absolute Gasteiger partial charge is 0.250 e. The summed E-state index contributed by atoms with van der Waals surface area (Å²) in [5.74, 6) is 2.62. The van der Waals surface area contributed by atoms with Crippen LogP contribution in [0.4, 0.5) is 0 Å². The zero-order valence-electron chi connectivity index (χ0n) is 13.8. The summed E-state index contributed by atoms with van der Waals surface area (Å²) < 4.78 is 11.4. The van der Waals surface area contributed by atoms with Gasteiger partial charge < -0.3 is 14.4 Å². The van der Waals surface area contributed by atoms with E-state index >= 15 is 0 Å². The first-order chi connectivity index (χ1) is 10.5. The number of nitrogens with zero attached hydrogens (tertiary/aromatic N) is 1. The van der Waals surface area contributed by atoms with Crippen LogP contribution in [0.15, 0.2) is 36.1 Å². The second-order valence-corrected chi connectivity index (χ2v) is 6.04. The Labute approximate surface area is 132 Å². The first-order valence-corrected chi connectivity index (χ1v) is 7.92. The average molecular weight is 303 g/mol. The summed E-state index contributed by atoms with van der Waals surface area (Å²) in [6, 6.07) is 7.75. The standard InChI is InChI=1S/C18H25NO3/c1-5-21-16-8-6-7-9-17(16)22-15-11-18(20)19(12-15)14(4)10-13(2)3/h6-9,11,13-14H,5,10,12H2,1-4H3/t14-/m0/s1. The molecule has 1 heterocycles. The molecule has 0 N–H and O–H groups in total. The summed E-state index contributed by atoms with van der Waals surface area (Å²) in [5.41, 5.74) is 0. The van der Waals surface area contributed by atoms with Gasteiger partial charge in [0.25, 0.3) is 5.91 Å². The molecule has 1 amide bonds. The first kappa shape index (κ1) is 16.4. The highest BCUT2D eigenvalue weighted by atomic mass is 16.5. The lowest BCUT2D eigenvalue weighted by Gasteiger charge is -2.26. The molecule has 1 aromatic carbocycles. The number of ether oxygens (including phenoxy) is 2. The van der Waals surface area contributed by atoms with Crippen molar-refractivity contribution in [2.24, 2.45) is 5.92 Å². The topological polar surface area (TPSA) is 38.8 Å². The fourth-order valence-electron chi connectivity index (χ4n) is 2.71. The lowest BCUT2D eigenvalue weighted by molar-refractivity contribution is -0.126. The Morgan fingerprint density at radius 3 is 2.50 bits per heavy atom. The predicted octanol–water partition coefficient (Wildman–Crippen LogP) is 3.62. The van der Waals surface area contributed by atoms with E-state index in [0.29, 0.717) is 36.3 Å². The number of amides is 1. The molecule has 2 rings (SSSR count). The monoisotopic (exact) mass is 303 g/mol. The van der Waals surface area contributed by atoms with Gasteiger partial charge in [0.15, 0.2) is 11.5 Å². The van der Waals surface area contributed by atoms with Crippen LogP contribution >= 0.6 is 0 Å². The van der Waals surface area contributed by atoms with Crippen LogP contribution in [-0.4, -0.2) is 30.0 Å². The van der Waals surface area contributed by atoms with Crippen LogP contribution in [0.1, 0.15) is 34.1 Å². The molecular formula is C18H25NO3. The van der Waals surface area contributed by atoms with Gasteiger partial charge in [0.1, 0.15) is 5.76 Å². The van der Waals surface area contributed by atoms with Gasteiger partial charge in [-0.2, -0.15) is 0 Å². The van der Waals surface area contributed by atoms with Crippen molar-refractivity contribution in [3.63, 3.8) is 0 Å². The second kappa shape index (κ2) is 7.34. The van der Waals surface area contributed by atoms with Gasteiger partial charge in [0.05, 0.1) is 13.2 Å². The van der Waals surface area contributed by atoms with Gasteiger partial charge in [0.2, 0.25) is 0 Å². The maximum Gasteiger partial charge on any atom is 0.250 e. The van der Waals surface area contributed by atoms with Crippen LogP contribution in [0.3, 0.4) is 0 Å². The molecule has 4 nitrogen and oxygen atoms in total. The minimum atomic E-state index is 0.0250. The summed E-state index contributed by atoms with van der Waals surface area (Å²) in [5, 5.41) is 0. The third-order valence-electron chi connectivity index (χ3n) is 3.63. The highest BCUT2D eigenvalue weighted by Gasteiger charge is 2.28. The molecule has 22 heavy (non-hydrogen) atoms. The highest BCUT2D eigenvalue weighted by Crippen LogP contribution is 2.30. The third kappa shape index (κ3) is 4.03. The number of para-hydroxylation sites is 2. The van der Waals surface area contributed by atoms with Crippen molar-refractivity contribution in [2.45, 2.75) is 40.2 Å². The lowest BCUT2D eigenvalue weighted by atomic mass is 10.0. The molecule has 4 heteroatoms. The fourth-order valence-corrected chi connectivity index (χ4v) is 2.71. The SMILES string of the molecule is CCOc1ccccc1OC1=CC(=O)N([C@@H](C)CC(C)C)C1. The van der Waals surface area contributed by atoms with Crippen molar-refractivity contribution in [1.82, 2.24) is 4.90 Å². The van der Waals surface area contributed by atoms with E-state index < -0.39 is 0 Å². The van der Waals surface area contributed by atoms with Gasteiger partial charge >= 0.3 is 0 Å². The van der Waals surface area contributed by atoms with Crippen molar-refractivity contribution in [1.29, 1.82) is 0 Å². The molecule has 0 saturated carbocycles. The zero-order chi connectivity index (χ0) is 16.1. The van der Waals surface area contributed by atoms with Crippen molar-refractivity contribution >= 4 is 5.91 Å². The van der Waals surface area contributed by atoms with Crippen LogP contribution < -0.4 is 9.47 Å². The number of hydrogen-bond acceptors (Lipinski definition) is 3. The number of rotatable bonds is 7. The van der Waals surface area contributed by atoms with E-state index in [0.717, 1.165) is 6.42 Å². The third-order valence-corrected chi connectivity index (χ3v) is 3.63. The Bertz CT molecular complexity index is 551. The van der Waals surface area contributed by atoms with Crippen molar-refractivity contribution < 1.29 is 14.3 Å². The molecule has 1 aromatic rings. The summed E-state index contributed by atoms with van der Waals surface area (Å²) in [4.78, 5) is 14.0. The lowest BCUT2D eigenvalue weighted by Crippen LogP contribution is -2.36. The molecule has 0 radical (unpaired) electrons. The summed E-state index contributed by atoms with van der Waals surface area (Å²) in [6.45, 7) is 9.46. The number of hydrogen-bond donors (Lipinski definition) is 0. The molecule has 1 atom stereocenters. The second-order valence-electron chi connectivity index (χ2n) is 6.04. The fraction of sp³-hybridized carbons (Fsp3) is 0.500.